The number of hydrogen-bond donors (Lipinski definition) is 1. The van der Waals surface area contributed by atoms with Crippen LogP contribution in [-0.4, -0.2) is 53.4 Å². The highest BCUT2D eigenvalue weighted by atomic mass is 19.1. The van der Waals surface area contributed by atoms with Gasteiger partial charge in [0.1, 0.15) is 5.82 Å². The maximum atomic E-state index is 13.9. The largest absolute Gasteiger partial charge is 0.351 e. The number of aromatic nitrogens is 1. The number of rotatable bonds is 7. The average molecular weight is 370 g/mol. The standard InChI is InChI=1S/C21H27FN4O/c1-25(14-18-8-4-5-11-23-18)16-21(27)24-19-9-6-12-26(15-19)13-17-7-2-3-10-20(17)22/h2-5,7-8,10-11,19H,6,9,12-16H2,1H3,(H,24,27). The number of amides is 1. The van der Waals surface area contributed by atoms with Crippen molar-refractivity contribution in [2.24, 2.45) is 0 Å². The topological polar surface area (TPSA) is 48.5 Å². The molecule has 27 heavy (non-hydrogen) atoms. The minimum atomic E-state index is -0.167. The van der Waals surface area contributed by atoms with E-state index in [4.69, 9.17) is 0 Å². The number of likely N-dealkylation sites (N-methyl/N-ethyl adjacent to an activating group) is 1. The van der Waals surface area contributed by atoms with Gasteiger partial charge < -0.3 is 5.32 Å². The molecule has 3 rings (SSSR count). The number of halogens is 1. The third kappa shape index (κ3) is 6.12. The first kappa shape index (κ1) is 19.5. The number of piperidine rings is 1. The summed E-state index contributed by atoms with van der Waals surface area (Å²) in [7, 11) is 1.92. The van der Waals surface area contributed by atoms with Crippen molar-refractivity contribution in [1.82, 2.24) is 20.1 Å². The second-order valence-electron chi connectivity index (χ2n) is 7.23. The average Bonchev–Trinajstić information content (AvgIpc) is 2.64. The van der Waals surface area contributed by atoms with Crippen molar-refractivity contribution >= 4 is 5.91 Å². The van der Waals surface area contributed by atoms with E-state index in [1.54, 1.807) is 12.3 Å². The fraction of sp³-hybridized carbons (Fsp3) is 0.429. The predicted octanol–water partition coefficient (Wildman–Crippen LogP) is 2.43. The van der Waals surface area contributed by atoms with Crippen LogP contribution < -0.4 is 5.32 Å². The zero-order chi connectivity index (χ0) is 19.1. The summed E-state index contributed by atoms with van der Waals surface area (Å²) in [6.07, 6.45) is 3.72. The zero-order valence-corrected chi connectivity index (χ0v) is 15.8. The number of nitrogens with zero attached hydrogens (tertiary/aromatic N) is 3. The Balaban J connectivity index is 1.45. The molecule has 1 fully saturated rings. The molecule has 0 aliphatic carbocycles. The summed E-state index contributed by atoms with van der Waals surface area (Å²) in [5.41, 5.74) is 1.65. The third-order valence-corrected chi connectivity index (χ3v) is 4.79. The third-order valence-electron chi connectivity index (χ3n) is 4.79. The molecule has 1 saturated heterocycles. The summed E-state index contributed by atoms with van der Waals surface area (Å²) < 4.78 is 13.9. The van der Waals surface area contributed by atoms with Gasteiger partial charge in [0.15, 0.2) is 0 Å². The summed E-state index contributed by atoms with van der Waals surface area (Å²) in [6.45, 7) is 3.24. The van der Waals surface area contributed by atoms with E-state index in [0.29, 0.717) is 25.2 Å². The van der Waals surface area contributed by atoms with Gasteiger partial charge in [-0.3, -0.25) is 19.6 Å². The van der Waals surface area contributed by atoms with Gasteiger partial charge in [0.25, 0.3) is 0 Å². The van der Waals surface area contributed by atoms with Crippen LogP contribution in [0.25, 0.3) is 0 Å². The number of hydrogen-bond acceptors (Lipinski definition) is 4. The van der Waals surface area contributed by atoms with E-state index in [2.05, 4.69) is 15.2 Å². The molecule has 1 unspecified atom stereocenters. The molecule has 0 bridgehead atoms. The predicted molar refractivity (Wildman–Crippen MR) is 103 cm³/mol. The Morgan fingerprint density at radius 1 is 1.30 bits per heavy atom. The smallest absolute Gasteiger partial charge is 0.234 e. The van der Waals surface area contributed by atoms with Crippen LogP contribution in [0.2, 0.25) is 0 Å². The molecule has 1 N–H and O–H groups in total. The molecule has 1 aliphatic rings. The van der Waals surface area contributed by atoms with Gasteiger partial charge in [-0.15, -0.1) is 0 Å². The Bertz CT molecular complexity index is 740. The highest BCUT2D eigenvalue weighted by molar-refractivity contribution is 5.78. The van der Waals surface area contributed by atoms with E-state index in [0.717, 1.165) is 31.6 Å². The van der Waals surface area contributed by atoms with Crippen LogP contribution in [0, 0.1) is 5.82 Å². The molecule has 5 nitrogen and oxygen atoms in total. The second kappa shape index (κ2) is 9.58. The molecule has 2 aromatic rings. The van der Waals surface area contributed by atoms with Crippen LogP contribution in [0.15, 0.2) is 48.7 Å². The number of likely N-dealkylation sites (tertiary alicyclic amines) is 1. The van der Waals surface area contributed by atoms with Crippen LogP contribution in [0.3, 0.4) is 0 Å². The summed E-state index contributed by atoms with van der Waals surface area (Å²) in [6, 6.07) is 12.8. The number of nitrogens with one attached hydrogen (secondary N) is 1. The summed E-state index contributed by atoms with van der Waals surface area (Å²) >= 11 is 0. The van der Waals surface area contributed by atoms with Crippen LogP contribution in [0.1, 0.15) is 24.1 Å². The van der Waals surface area contributed by atoms with Crippen molar-refractivity contribution in [3.05, 3.63) is 65.7 Å². The monoisotopic (exact) mass is 370 g/mol. The molecule has 144 valence electrons. The summed E-state index contributed by atoms with van der Waals surface area (Å²) in [4.78, 5) is 20.8. The lowest BCUT2D eigenvalue weighted by atomic mass is 10.0. The number of carbonyl (C=O) groups is 1. The quantitative estimate of drug-likeness (QED) is 0.813. The van der Waals surface area contributed by atoms with Gasteiger partial charge in [-0.25, -0.2) is 4.39 Å². The molecule has 6 heteroatoms. The van der Waals surface area contributed by atoms with Crippen molar-refractivity contribution in [3.63, 3.8) is 0 Å². The van der Waals surface area contributed by atoms with Gasteiger partial charge >= 0.3 is 0 Å². The highest BCUT2D eigenvalue weighted by Crippen LogP contribution is 2.15. The summed E-state index contributed by atoms with van der Waals surface area (Å²) in [5, 5.41) is 3.13. The fourth-order valence-electron chi connectivity index (χ4n) is 3.53. The molecule has 1 amide bonds. The van der Waals surface area contributed by atoms with Crippen molar-refractivity contribution in [2.75, 3.05) is 26.7 Å². The van der Waals surface area contributed by atoms with Gasteiger partial charge in [0, 0.05) is 37.4 Å². The molecular formula is C21H27FN4O. The fourth-order valence-corrected chi connectivity index (χ4v) is 3.53. The number of carbonyl (C=O) groups excluding carboxylic acids is 1. The second-order valence-corrected chi connectivity index (χ2v) is 7.23. The first-order valence-corrected chi connectivity index (χ1v) is 9.44. The van der Waals surface area contributed by atoms with E-state index < -0.39 is 0 Å². The molecule has 2 heterocycles. The van der Waals surface area contributed by atoms with E-state index in [-0.39, 0.29) is 17.8 Å². The molecule has 0 spiro atoms. The van der Waals surface area contributed by atoms with E-state index in [1.165, 1.54) is 6.07 Å². The number of benzene rings is 1. The maximum Gasteiger partial charge on any atom is 0.234 e. The Kier molecular flexibility index (Phi) is 6.90. The Labute approximate surface area is 160 Å². The van der Waals surface area contributed by atoms with Crippen molar-refractivity contribution in [1.29, 1.82) is 0 Å². The normalized spacial score (nSPS) is 17.8. The molecular weight excluding hydrogens is 343 g/mol. The molecule has 0 radical (unpaired) electrons. The van der Waals surface area contributed by atoms with Crippen molar-refractivity contribution in [2.45, 2.75) is 32.0 Å². The van der Waals surface area contributed by atoms with Gasteiger partial charge in [-0.05, 0) is 44.6 Å². The lowest BCUT2D eigenvalue weighted by Gasteiger charge is -2.33. The molecule has 0 saturated carbocycles. The molecule has 1 aliphatic heterocycles. The van der Waals surface area contributed by atoms with Crippen molar-refractivity contribution < 1.29 is 9.18 Å². The maximum absolute atomic E-state index is 13.9. The van der Waals surface area contributed by atoms with Gasteiger partial charge in [-0.2, -0.15) is 0 Å². The minimum absolute atomic E-state index is 0.0196. The lowest BCUT2D eigenvalue weighted by molar-refractivity contribution is -0.123. The minimum Gasteiger partial charge on any atom is -0.351 e. The van der Waals surface area contributed by atoms with Crippen molar-refractivity contribution in [3.8, 4) is 0 Å². The van der Waals surface area contributed by atoms with Gasteiger partial charge in [0.2, 0.25) is 5.91 Å². The van der Waals surface area contributed by atoms with Gasteiger partial charge in [-0.1, -0.05) is 24.3 Å². The van der Waals surface area contributed by atoms with Crippen LogP contribution in [0.4, 0.5) is 4.39 Å². The Hall–Kier alpha value is -2.31. The van der Waals surface area contributed by atoms with E-state index in [9.17, 15) is 9.18 Å². The van der Waals surface area contributed by atoms with Crippen LogP contribution in [-0.2, 0) is 17.9 Å². The van der Waals surface area contributed by atoms with Crippen LogP contribution in [0.5, 0.6) is 0 Å². The van der Waals surface area contributed by atoms with E-state index in [1.807, 2.05) is 42.3 Å². The zero-order valence-electron chi connectivity index (χ0n) is 15.8. The summed E-state index contributed by atoms with van der Waals surface area (Å²) in [5.74, 6) is -0.147. The Morgan fingerprint density at radius 2 is 2.11 bits per heavy atom. The Morgan fingerprint density at radius 3 is 2.89 bits per heavy atom. The SMILES string of the molecule is CN(CC(=O)NC1CCCN(Cc2ccccc2F)C1)Cc1ccccn1. The van der Waals surface area contributed by atoms with Crippen LogP contribution >= 0.6 is 0 Å². The highest BCUT2D eigenvalue weighted by Gasteiger charge is 2.22. The van der Waals surface area contributed by atoms with Gasteiger partial charge in [0.05, 0.1) is 12.2 Å². The molecule has 1 aromatic carbocycles. The van der Waals surface area contributed by atoms with E-state index >= 15 is 0 Å². The molecule has 1 aromatic heterocycles. The first-order chi connectivity index (χ1) is 13.1. The first-order valence-electron chi connectivity index (χ1n) is 9.44. The molecule has 1 atom stereocenters. The lowest BCUT2D eigenvalue weighted by Crippen LogP contribution is -2.49. The number of pyridine rings is 1.